The maximum atomic E-state index is 14.6. The summed E-state index contributed by atoms with van der Waals surface area (Å²) in [5.41, 5.74) is 2.67. The zero-order chi connectivity index (χ0) is 39.0. The van der Waals surface area contributed by atoms with Crippen molar-refractivity contribution in [3.05, 3.63) is 64.8 Å². The predicted molar refractivity (Wildman–Crippen MR) is 203 cm³/mol. The van der Waals surface area contributed by atoms with Gasteiger partial charge in [-0.1, -0.05) is 45.0 Å². The van der Waals surface area contributed by atoms with Gasteiger partial charge < -0.3 is 39.6 Å². The summed E-state index contributed by atoms with van der Waals surface area (Å²) in [5, 5.41) is 16.1. The van der Waals surface area contributed by atoms with E-state index in [2.05, 4.69) is 15.6 Å². The Morgan fingerprint density at radius 1 is 1.07 bits per heavy atom. The molecular weight excluding hydrogens is 716 g/mol. The lowest BCUT2D eigenvalue weighted by atomic mass is 9.85. The Bertz CT molecular complexity index is 1740. The van der Waals surface area contributed by atoms with Crippen LogP contribution in [0.15, 0.2) is 48.0 Å². The summed E-state index contributed by atoms with van der Waals surface area (Å²) in [6.45, 7) is 12.8. The number of aryl methyl sites for hydroxylation is 1. The van der Waals surface area contributed by atoms with Gasteiger partial charge in [0.25, 0.3) is 5.91 Å². The Morgan fingerprint density at radius 2 is 1.78 bits per heavy atom. The molecule has 14 heteroatoms. The van der Waals surface area contributed by atoms with E-state index in [1.54, 1.807) is 26.3 Å². The topological polar surface area (TPSA) is 149 Å². The number of hydrogen-bond acceptors (Lipinski definition) is 10. The number of halogens is 1. The summed E-state index contributed by atoms with van der Waals surface area (Å²) in [5.74, 6) is -0.516. The van der Waals surface area contributed by atoms with Crippen molar-refractivity contribution in [1.29, 1.82) is 0 Å². The fourth-order valence-corrected chi connectivity index (χ4v) is 7.09. The summed E-state index contributed by atoms with van der Waals surface area (Å²) in [6, 6.07) is 11.5. The van der Waals surface area contributed by atoms with Gasteiger partial charge in [0.1, 0.15) is 30.2 Å². The zero-order valence-electron chi connectivity index (χ0n) is 32.0. The average Bonchev–Trinajstić information content (AvgIpc) is 3.54. The van der Waals surface area contributed by atoms with Gasteiger partial charge in [0, 0.05) is 44.7 Å². The van der Waals surface area contributed by atoms with Gasteiger partial charge in [0.05, 0.1) is 28.8 Å². The third-order valence-corrected chi connectivity index (χ3v) is 10.5. The number of likely N-dealkylation sites (tertiary alicyclic amines) is 1. The van der Waals surface area contributed by atoms with E-state index in [4.69, 9.17) is 18.9 Å². The van der Waals surface area contributed by atoms with Gasteiger partial charge in [0.2, 0.25) is 11.8 Å². The lowest BCUT2D eigenvalue weighted by molar-refractivity contribution is -0.152. The van der Waals surface area contributed by atoms with Gasteiger partial charge in [-0.3, -0.25) is 14.4 Å². The Balaban J connectivity index is 1.24. The van der Waals surface area contributed by atoms with E-state index in [0.29, 0.717) is 37.7 Å². The molecule has 0 bridgehead atoms. The first-order valence-electron chi connectivity index (χ1n) is 18.6. The number of carbonyl (C=O) groups is 3. The molecule has 54 heavy (non-hydrogen) atoms. The molecular formula is C40H53FN4O8S. The van der Waals surface area contributed by atoms with Crippen LogP contribution in [0.3, 0.4) is 0 Å². The second-order valence-corrected chi connectivity index (χ2v) is 15.7. The highest BCUT2D eigenvalue weighted by Gasteiger charge is 2.53. The normalized spacial score (nSPS) is 18.4. The second-order valence-electron chi connectivity index (χ2n) is 14.8. The quantitative estimate of drug-likeness (QED) is 0.150. The van der Waals surface area contributed by atoms with Crippen LogP contribution < -0.4 is 20.1 Å². The Labute approximate surface area is 320 Å². The number of aliphatic hydroxyl groups is 1. The lowest BCUT2D eigenvalue weighted by Gasteiger charge is -2.35. The second kappa shape index (κ2) is 18.0. The third kappa shape index (κ3) is 10.6. The average molecular weight is 769 g/mol. The maximum absolute atomic E-state index is 14.6. The molecule has 1 saturated heterocycles. The molecule has 12 nitrogen and oxygen atoms in total. The van der Waals surface area contributed by atoms with Crippen molar-refractivity contribution in [3.63, 3.8) is 0 Å². The number of nitrogens with one attached hydrogen (secondary N) is 2. The molecule has 1 aliphatic carbocycles. The summed E-state index contributed by atoms with van der Waals surface area (Å²) in [4.78, 5) is 46.9. The van der Waals surface area contributed by atoms with Crippen LogP contribution in [-0.4, -0.2) is 95.8 Å². The van der Waals surface area contributed by atoms with Crippen molar-refractivity contribution in [2.75, 3.05) is 33.0 Å². The Kier molecular flexibility index (Phi) is 13.7. The molecule has 3 amide bonds. The molecule has 0 spiro atoms. The van der Waals surface area contributed by atoms with E-state index < -0.39 is 53.3 Å². The number of hydrogen-bond donors (Lipinski definition) is 3. The number of β-amino-alcohol motifs (C(OH)–C–C–N with tert-alkyl or cyclic N) is 1. The van der Waals surface area contributed by atoms with Crippen molar-refractivity contribution in [2.45, 2.75) is 104 Å². The van der Waals surface area contributed by atoms with Crippen LogP contribution >= 0.6 is 11.3 Å². The molecule has 0 unspecified atom stereocenters. The molecule has 3 atom stereocenters. The van der Waals surface area contributed by atoms with Crippen LogP contribution in [0.25, 0.3) is 10.4 Å². The number of alkyl halides is 1. The van der Waals surface area contributed by atoms with Crippen molar-refractivity contribution in [2.24, 2.45) is 5.41 Å². The molecule has 0 radical (unpaired) electrons. The number of thiazole rings is 1. The predicted octanol–water partition coefficient (Wildman–Crippen LogP) is 5.13. The molecule has 3 aromatic rings. The molecule has 1 aromatic heterocycles. The highest BCUT2D eigenvalue weighted by molar-refractivity contribution is 7.13. The number of carbonyl (C=O) groups excluding carboxylic acids is 3. The monoisotopic (exact) mass is 768 g/mol. The standard InChI is InChI=1S/C40H53FN4O8S/c1-7-50-33(51-8-2)23-53-30-13-9-26(10-14-30)15-18-52-32-19-27(34-25(3)43-24-54-34)11-12-28(32)21-42-36(47)31-20-29(46)22-45(31)37(48)35(39(4,5)6)44-38(49)40(41)16-17-40/h9-14,19,24,29,31,33,35,46H,7-8,15-18,20-23H2,1-6H3,(H,42,47)(H,44,49)/t29-,31+,35-/m1/s1. The SMILES string of the molecule is CCOC(COc1ccc(CCOc2cc(-c3scnc3C)ccc2CNC(=O)[C@@H]2C[C@@H](O)CN2C(=O)[C@@H](NC(=O)C2(F)CC2)C(C)(C)C)cc1)OCC. The summed E-state index contributed by atoms with van der Waals surface area (Å²) in [7, 11) is 0. The van der Waals surface area contributed by atoms with Crippen LogP contribution in [0, 0.1) is 12.3 Å². The fourth-order valence-electron chi connectivity index (χ4n) is 6.28. The molecule has 2 fully saturated rings. The minimum Gasteiger partial charge on any atom is -0.493 e. The number of rotatable bonds is 18. The molecule has 2 heterocycles. The van der Waals surface area contributed by atoms with Crippen LogP contribution in [0.4, 0.5) is 4.39 Å². The van der Waals surface area contributed by atoms with Gasteiger partial charge in [-0.2, -0.15) is 0 Å². The summed E-state index contributed by atoms with van der Waals surface area (Å²) >= 11 is 1.53. The fraction of sp³-hybridized carbons (Fsp3) is 0.550. The number of benzene rings is 2. The lowest BCUT2D eigenvalue weighted by Crippen LogP contribution is -2.59. The third-order valence-electron chi connectivity index (χ3n) is 9.54. The summed E-state index contributed by atoms with van der Waals surface area (Å²) in [6.07, 6.45) is -0.486. The Morgan fingerprint density at radius 3 is 2.39 bits per heavy atom. The van der Waals surface area contributed by atoms with Gasteiger partial charge in [0.15, 0.2) is 12.0 Å². The van der Waals surface area contributed by atoms with Gasteiger partial charge in [-0.05, 0) is 68.4 Å². The molecule has 1 saturated carbocycles. The molecule has 1 aliphatic heterocycles. The van der Waals surface area contributed by atoms with E-state index in [9.17, 15) is 23.9 Å². The van der Waals surface area contributed by atoms with Crippen molar-refractivity contribution >= 4 is 29.1 Å². The number of aliphatic hydroxyl groups excluding tert-OH is 1. The molecule has 2 aliphatic rings. The van der Waals surface area contributed by atoms with E-state index in [-0.39, 0.29) is 39.0 Å². The van der Waals surface area contributed by atoms with E-state index >= 15 is 0 Å². The number of nitrogens with zero attached hydrogens (tertiary/aromatic N) is 2. The molecule has 3 N–H and O–H groups in total. The largest absolute Gasteiger partial charge is 0.493 e. The number of amides is 3. The van der Waals surface area contributed by atoms with Crippen LogP contribution in [0.5, 0.6) is 11.5 Å². The minimum atomic E-state index is -1.96. The van der Waals surface area contributed by atoms with Gasteiger partial charge in [-0.25, -0.2) is 9.37 Å². The van der Waals surface area contributed by atoms with E-state index in [0.717, 1.165) is 27.3 Å². The Hall–Kier alpha value is -4.11. The number of aromatic nitrogens is 1. The van der Waals surface area contributed by atoms with E-state index in [1.807, 2.05) is 63.2 Å². The molecule has 2 aromatic carbocycles. The van der Waals surface area contributed by atoms with Gasteiger partial charge >= 0.3 is 0 Å². The maximum Gasteiger partial charge on any atom is 0.258 e. The molecule has 5 rings (SSSR count). The van der Waals surface area contributed by atoms with E-state index in [1.165, 1.54) is 16.2 Å². The first-order chi connectivity index (χ1) is 25.7. The summed E-state index contributed by atoms with van der Waals surface area (Å²) < 4.78 is 37.9. The van der Waals surface area contributed by atoms with Gasteiger partial charge in [-0.15, -0.1) is 11.3 Å². The van der Waals surface area contributed by atoms with Crippen LogP contribution in [-0.2, 0) is 36.8 Å². The first kappa shape index (κ1) is 41.1. The van der Waals surface area contributed by atoms with Crippen molar-refractivity contribution < 1.29 is 42.8 Å². The van der Waals surface area contributed by atoms with Crippen molar-refractivity contribution in [3.8, 4) is 21.9 Å². The minimum absolute atomic E-state index is 0.0336. The van der Waals surface area contributed by atoms with Crippen LogP contribution in [0.1, 0.15) is 70.7 Å². The number of ether oxygens (including phenoxy) is 4. The zero-order valence-corrected chi connectivity index (χ0v) is 32.8. The smallest absolute Gasteiger partial charge is 0.258 e. The highest BCUT2D eigenvalue weighted by Crippen LogP contribution is 2.40. The highest BCUT2D eigenvalue weighted by atomic mass is 32.1. The first-order valence-corrected chi connectivity index (χ1v) is 19.5. The molecule has 294 valence electrons. The van der Waals surface area contributed by atoms with Crippen molar-refractivity contribution in [1.82, 2.24) is 20.5 Å². The van der Waals surface area contributed by atoms with Crippen LogP contribution in [0.2, 0.25) is 0 Å².